The van der Waals surface area contributed by atoms with Crippen molar-refractivity contribution < 1.29 is 19.1 Å². The Balaban J connectivity index is 1.49. The third-order valence-corrected chi connectivity index (χ3v) is 7.36. The zero-order chi connectivity index (χ0) is 24.8. The van der Waals surface area contributed by atoms with Gasteiger partial charge in [0, 0.05) is 29.7 Å². The highest BCUT2D eigenvalue weighted by molar-refractivity contribution is 6.31. The van der Waals surface area contributed by atoms with E-state index < -0.39 is 5.60 Å². The maximum Gasteiger partial charge on any atom is 0.227 e. The van der Waals surface area contributed by atoms with Gasteiger partial charge in [-0.15, -0.1) is 0 Å². The summed E-state index contributed by atoms with van der Waals surface area (Å²) in [6, 6.07) is 12.8. The third-order valence-electron chi connectivity index (χ3n) is 6.68. The standard InChI is InChI=1S/C27H32Cl2N2O4/c1-20-15-23(9-10-24(20)29)34-19-27(17-26(33)30-11-3-2-4-12-30)18-31(13-14-35-27)25(32)16-21-5-7-22(28)8-6-21/h5-10,15H,2-4,11-14,16-19H2,1H3. The van der Waals surface area contributed by atoms with Crippen LogP contribution >= 0.6 is 23.2 Å². The Kier molecular flexibility index (Phi) is 8.58. The van der Waals surface area contributed by atoms with Crippen molar-refractivity contribution in [1.82, 2.24) is 9.80 Å². The normalized spacial score (nSPS) is 20.5. The lowest BCUT2D eigenvalue weighted by molar-refractivity contribution is -0.166. The molecule has 1 unspecified atom stereocenters. The SMILES string of the molecule is Cc1cc(OCC2(CC(=O)N3CCCCC3)CN(C(=O)Cc3ccc(Cl)cc3)CCO2)ccc1Cl. The highest BCUT2D eigenvalue weighted by Crippen LogP contribution is 2.28. The Morgan fingerprint density at radius 3 is 2.43 bits per heavy atom. The molecule has 0 spiro atoms. The van der Waals surface area contributed by atoms with Gasteiger partial charge in [0.15, 0.2) is 0 Å². The predicted molar refractivity (Wildman–Crippen MR) is 137 cm³/mol. The minimum absolute atomic E-state index is 0.00671. The summed E-state index contributed by atoms with van der Waals surface area (Å²) in [6.45, 7) is 4.74. The molecule has 2 aliphatic rings. The van der Waals surface area contributed by atoms with Crippen LogP contribution in [0.3, 0.4) is 0 Å². The molecule has 2 aromatic carbocycles. The van der Waals surface area contributed by atoms with Gasteiger partial charge in [0.25, 0.3) is 0 Å². The minimum atomic E-state index is -0.921. The van der Waals surface area contributed by atoms with Crippen LogP contribution < -0.4 is 4.74 Å². The van der Waals surface area contributed by atoms with Crippen molar-refractivity contribution in [3.63, 3.8) is 0 Å². The van der Waals surface area contributed by atoms with Crippen molar-refractivity contribution in [3.05, 3.63) is 63.6 Å². The van der Waals surface area contributed by atoms with Crippen LogP contribution in [0.4, 0.5) is 0 Å². The highest BCUT2D eigenvalue weighted by Gasteiger charge is 2.42. The summed E-state index contributed by atoms with van der Waals surface area (Å²) in [5.74, 6) is 0.699. The second-order valence-corrected chi connectivity index (χ2v) is 10.3. The molecule has 2 aliphatic heterocycles. The number of nitrogens with zero attached hydrogens (tertiary/aromatic N) is 2. The molecular formula is C27H32Cl2N2O4. The van der Waals surface area contributed by atoms with Gasteiger partial charge in [-0.25, -0.2) is 0 Å². The molecule has 2 fully saturated rings. The van der Waals surface area contributed by atoms with Gasteiger partial charge in [-0.05, 0) is 67.6 Å². The lowest BCUT2D eigenvalue weighted by Crippen LogP contribution is -2.58. The van der Waals surface area contributed by atoms with Crippen molar-refractivity contribution in [3.8, 4) is 5.75 Å². The number of likely N-dealkylation sites (tertiary alicyclic amines) is 1. The van der Waals surface area contributed by atoms with Gasteiger partial charge in [-0.1, -0.05) is 35.3 Å². The first kappa shape index (κ1) is 25.8. The van der Waals surface area contributed by atoms with Crippen molar-refractivity contribution in [2.24, 2.45) is 0 Å². The summed E-state index contributed by atoms with van der Waals surface area (Å²) < 4.78 is 12.4. The first-order valence-electron chi connectivity index (χ1n) is 12.2. The number of rotatable bonds is 7. The van der Waals surface area contributed by atoms with E-state index in [1.54, 1.807) is 23.1 Å². The average molecular weight is 519 g/mol. The van der Waals surface area contributed by atoms with Crippen LogP contribution in [-0.4, -0.2) is 66.6 Å². The van der Waals surface area contributed by atoms with Crippen LogP contribution in [0.5, 0.6) is 5.75 Å². The second-order valence-electron chi connectivity index (χ2n) is 9.47. The summed E-state index contributed by atoms with van der Waals surface area (Å²) in [5.41, 5.74) is 0.886. The fourth-order valence-electron chi connectivity index (χ4n) is 4.64. The average Bonchev–Trinajstić information content (AvgIpc) is 2.87. The van der Waals surface area contributed by atoms with E-state index in [0.717, 1.165) is 43.5 Å². The number of hydrogen-bond donors (Lipinski definition) is 0. The summed E-state index contributed by atoms with van der Waals surface area (Å²) in [5, 5.41) is 1.30. The Morgan fingerprint density at radius 2 is 1.71 bits per heavy atom. The monoisotopic (exact) mass is 518 g/mol. The first-order valence-corrected chi connectivity index (χ1v) is 12.9. The largest absolute Gasteiger partial charge is 0.490 e. The number of amides is 2. The van der Waals surface area contributed by atoms with Gasteiger partial charge in [-0.3, -0.25) is 9.59 Å². The van der Waals surface area contributed by atoms with Crippen molar-refractivity contribution in [1.29, 1.82) is 0 Å². The van der Waals surface area contributed by atoms with Gasteiger partial charge in [0.05, 0.1) is 26.0 Å². The minimum Gasteiger partial charge on any atom is -0.490 e. The van der Waals surface area contributed by atoms with Gasteiger partial charge in [-0.2, -0.15) is 0 Å². The maximum absolute atomic E-state index is 13.2. The van der Waals surface area contributed by atoms with Crippen LogP contribution in [0.1, 0.15) is 36.8 Å². The Labute approximate surface area is 217 Å². The van der Waals surface area contributed by atoms with Crippen LogP contribution in [0, 0.1) is 6.92 Å². The number of morpholine rings is 1. The summed E-state index contributed by atoms with van der Waals surface area (Å²) in [4.78, 5) is 30.1. The smallest absolute Gasteiger partial charge is 0.227 e. The lowest BCUT2D eigenvalue weighted by Gasteiger charge is -2.43. The maximum atomic E-state index is 13.2. The molecule has 1 atom stereocenters. The Bertz CT molecular complexity index is 1040. The van der Waals surface area contributed by atoms with Crippen molar-refractivity contribution >= 4 is 35.0 Å². The van der Waals surface area contributed by atoms with Gasteiger partial charge >= 0.3 is 0 Å². The van der Waals surface area contributed by atoms with Crippen LogP contribution in [-0.2, 0) is 20.7 Å². The molecule has 0 saturated carbocycles. The van der Waals surface area contributed by atoms with E-state index in [-0.39, 0.29) is 31.3 Å². The van der Waals surface area contributed by atoms with Crippen molar-refractivity contribution in [2.75, 3.05) is 39.4 Å². The van der Waals surface area contributed by atoms with Crippen LogP contribution in [0.25, 0.3) is 0 Å². The molecule has 0 N–H and O–H groups in total. The fourth-order valence-corrected chi connectivity index (χ4v) is 4.89. The molecule has 2 saturated heterocycles. The zero-order valence-corrected chi connectivity index (χ0v) is 21.6. The molecule has 4 rings (SSSR count). The molecule has 35 heavy (non-hydrogen) atoms. The Morgan fingerprint density at radius 1 is 0.971 bits per heavy atom. The molecule has 6 nitrogen and oxygen atoms in total. The summed E-state index contributed by atoms with van der Waals surface area (Å²) >= 11 is 12.1. The van der Waals surface area contributed by atoms with E-state index in [0.29, 0.717) is 35.5 Å². The second kappa shape index (κ2) is 11.6. The molecule has 2 amide bonds. The number of piperidine rings is 1. The molecule has 188 valence electrons. The van der Waals surface area contributed by atoms with E-state index in [1.165, 1.54) is 0 Å². The number of carbonyl (C=O) groups is 2. The van der Waals surface area contributed by atoms with Crippen LogP contribution in [0.2, 0.25) is 10.0 Å². The molecule has 8 heteroatoms. The van der Waals surface area contributed by atoms with Gasteiger partial charge in [0.1, 0.15) is 18.0 Å². The van der Waals surface area contributed by atoms with Gasteiger partial charge < -0.3 is 19.3 Å². The third kappa shape index (κ3) is 6.90. The number of halogens is 2. The molecular weight excluding hydrogens is 487 g/mol. The first-order chi connectivity index (χ1) is 16.8. The molecule has 2 aromatic rings. The fraction of sp³-hybridized carbons (Fsp3) is 0.481. The quantitative estimate of drug-likeness (QED) is 0.521. The number of benzene rings is 2. The predicted octanol–water partition coefficient (Wildman–Crippen LogP) is 4.92. The van der Waals surface area contributed by atoms with E-state index in [2.05, 4.69) is 0 Å². The molecule has 0 bridgehead atoms. The van der Waals surface area contributed by atoms with E-state index in [4.69, 9.17) is 32.7 Å². The van der Waals surface area contributed by atoms with Gasteiger partial charge in [0.2, 0.25) is 11.8 Å². The number of aryl methyl sites for hydroxylation is 1. The molecule has 0 radical (unpaired) electrons. The lowest BCUT2D eigenvalue weighted by atomic mass is 9.95. The van der Waals surface area contributed by atoms with E-state index >= 15 is 0 Å². The van der Waals surface area contributed by atoms with E-state index in [1.807, 2.05) is 36.1 Å². The highest BCUT2D eigenvalue weighted by atomic mass is 35.5. The Hall–Kier alpha value is -2.28. The van der Waals surface area contributed by atoms with Crippen molar-refractivity contribution in [2.45, 2.75) is 44.6 Å². The zero-order valence-electron chi connectivity index (χ0n) is 20.1. The van der Waals surface area contributed by atoms with Crippen LogP contribution in [0.15, 0.2) is 42.5 Å². The number of carbonyl (C=O) groups excluding carboxylic acids is 2. The number of ether oxygens (including phenoxy) is 2. The molecule has 0 aliphatic carbocycles. The molecule has 0 aromatic heterocycles. The summed E-state index contributed by atoms with van der Waals surface area (Å²) in [6.07, 6.45) is 3.63. The topological polar surface area (TPSA) is 59.1 Å². The number of hydrogen-bond acceptors (Lipinski definition) is 4. The van der Waals surface area contributed by atoms with E-state index in [9.17, 15) is 9.59 Å². The summed E-state index contributed by atoms with van der Waals surface area (Å²) in [7, 11) is 0. The molecule has 2 heterocycles.